The average Bonchev–Trinajstić information content (AvgIpc) is 3.52. The van der Waals surface area contributed by atoms with E-state index >= 15 is 0 Å². The lowest BCUT2D eigenvalue weighted by atomic mass is 10.0. The van der Waals surface area contributed by atoms with Crippen LogP contribution in [0.5, 0.6) is 11.5 Å². The first-order chi connectivity index (χ1) is 14.0. The fraction of sp³-hybridized carbons (Fsp3) is 0.333. The van der Waals surface area contributed by atoms with E-state index in [1.165, 1.54) is 11.7 Å². The predicted molar refractivity (Wildman–Crippen MR) is 106 cm³/mol. The van der Waals surface area contributed by atoms with Crippen molar-refractivity contribution in [2.24, 2.45) is 13.0 Å². The molecule has 0 radical (unpaired) electrons. The van der Waals surface area contributed by atoms with E-state index in [1.807, 2.05) is 19.1 Å². The minimum Gasteiger partial charge on any atom is -0.496 e. The number of rotatable bonds is 7. The third kappa shape index (κ3) is 3.65. The second-order valence-electron chi connectivity index (χ2n) is 7.16. The smallest absolute Gasteiger partial charge is 0.368 e. The van der Waals surface area contributed by atoms with Crippen molar-refractivity contribution < 1.29 is 14.3 Å². The zero-order valence-electron chi connectivity index (χ0n) is 16.6. The molecule has 1 aliphatic rings. The molecule has 0 saturated heterocycles. The molecule has 8 nitrogen and oxygen atoms in total. The molecule has 29 heavy (non-hydrogen) atoms. The van der Waals surface area contributed by atoms with Gasteiger partial charge in [0.25, 0.3) is 0 Å². The Kier molecular flexibility index (Phi) is 4.92. The Morgan fingerprint density at radius 1 is 1.17 bits per heavy atom. The molecule has 0 unspecified atom stereocenters. The van der Waals surface area contributed by atoms with Gasteiger partial charge in [0.1, 0.15) is 18.1 Å². The van der Waals surface area contributed by atoms with E-state index in [1.54, 1.807) is 31.4 Å². The van der Waals surface area contributed by atoms with Crippen molar-refractivity contribution >= 4 is 5.78 Å². The van der Waals surface area contributed by atoms with Crippen LogP contribution in [-0.2, 0) is 13.7 Å². The minimum absolute atomic E-state index is 0.166. The first-order valence-corrected chi connectivity index (χ1v) is 9.42. The Balaban J connectivity index is 1.62. The maximum atomic E-state index is 12.3. The highest BCUT2D eigenvalue weighted by Crippen LogP contribution is 2.34. The van der Waals surface area contributed by atoms with Gasteiger partial charge in [-0.3, -0.25) is 4.79 Å². The molecule has 1 heterocycles. The van der Waals surface area contributed by atoms with Crippen molar-refractivity contribution in [3.63, 3.8) is 0 Å². The first-order valence-electron chi connectivity index (χ1n) is 9.42. The summed E-state index contributed by atoms with van der Waals surface area (Å²) >= 11 is 0. The Morgan fingerprint density at radius 3 is 2.59 bits per heavy atom. The number of carbonyl (C=O) groups is 1. The van der Waals surface area contributed by atoms with E-state index in [0.717, 1.165) is 28.7 Å². The molecule has 1 saturated carbocycles. The molecule has 2 aromatic carbocycles. The van der Waals surface area contributed by atoms with Crippen molar-refractivity contribution in [2.75, 3.05) is 7.11 Å². The van der Waals surface area contributed by atoms with Crippen LogP contribution in [0.3, 0.4) is 0 Å². The molecule has 0 atom stereocenters. The molecule has 4 rings (SSSR count). The standard InChI is InChI=1S/C21H22N4O4/c1-13-11-15(20(26)14-7-8-14)9-10-18(13)29-12-16-17(5-4-6-19(16)28-3)25-21(27)24(2)22-23-25/h4-6,9-11,14H,7-8,12H2,1-3H3. The molecule has 1 fully saturated rings. The molecular formula is C21H22N4O4. The number of carbonyl (C=O) groups excluding carboxylic acids is 1. The summed E-state index contributed by atoms with van der Waals surface area (Å²) in [5, 5.41) is 7.69. The molecule has 3 aromatic rings. The van der Waals surface area contributed by atoms with Gasteiger partial charge in [0.15, 0.2) is 5.78 Å². The molecule has 0 bridgehead atoms. The highest BCUT2D eigenvalue weighted by atomic mass is 16.5. The number of hydrogen-bond donors (Lipinski definition) is 0. The summed E-state index contributed by atoms with van der Waals surface area (Å²) in [6.45, 7) is 2.08. The molecule has 1 aromatic heterocycles. The van der Waals surface area contributed by atoms with Gasteiger partial charge in [-0.2, -0.15) is 9.36 Å². The number of Topliss-reactive ketones (excluding diaryl/α,β-unsaturated/α-hetero) is 1. The number of aromatic nitrogens is 4. The number of methoxy groups -OCH3 is 1. The number of ether oxygens (including phenoxy) is 2. The van der Waals surface area contributed by atoms with Gasteiger partial charge in [-0.05, 0) is 66.1 Å². The average molecular weight is 394 g/mol. The van der Waals surface area contributed by atoms with Crippen LogP contribution in [0.15, 0.2) is 41.2 Å². The van der Waals surface area contributed by atoms with E-state index in [0.29, 0.717) is 22.7 Å². The SMILES string of the molecule is COc1cccc(-n2nnn(C)c2=O)c1COc1ccc(C(=O)C2CC2)cc1C. The van der Waals surface area contributed by atoms with Gasteiger partial charge >= 0.3 is 5.69 Å². The Hall–Kier alpha value is -3.42. The summed E-state index contributed by atoms with van der Waals surface area (Å²) in [7, 11) is 3.10. The number of hydrogen-bond acceptors (Lipinski definition) is 6. The number of ketones is 1. The van der Waals surface area contributed by atoms with Gasteiger partial charge in [0.2, 0.25) is 0 Å². The molecule has 0 aliphatic heterocycles. The molecule has 1 aliphatic carbocycles. The van der Waals surface area contributed by atoms with Gasteiger partial charge in [0.05, 0.1) is 18.4 Å². The number of benzene rings is 2. The van der Waals surface area contributed by atoms with E-state index in [4.69, 9.17) is 9.47 Å². The quantitative estimate of drug-likeness (QED) is 0.572. The highest BCUT2D eigenvalue weighted by Gasteiger charge is 2.30. The largest absolute Gasteiger partial charge is 0.496 e. The maximum Gasteiger partial charge on any atom is 0.368 e. The van der Waals surface area contributed by atoms with Crippen molar-refractivity contribution in [3.8, 4) is 17.2 Å². The van der Waals surface area contributed by atoms with E-state index in [2.05, 4.69) is 10.4 Å². The second kappa shape index (κ2) is 7.54. The molecule has 8 heteroatoms. The normalized spacial score (nSPS) is 13.3. The predicted octanol–water partition coefficient (Wildman–Crippen LogP) is 2.45. The third-order valence-electron chi connectivity index (χ3n) is 5.06. The number of aryl methyl sites for hydroxylation is 2. The van der Waals surface area contributed by atoms with Crippen molar-refractivity contribution in [2.45, 2.75) is 26.4 Å². The fourth-order valence-corrected chi connectivity index (χ4v) is 3.25. The van der Waals surface area contributed by atoms with Crippen LogP contribution in [0.2, 0.25) is 0 Å². The lowest BCUT2D eigenvalue weighted by Gasteiger charge is -2.15. The van der Waals surface area contributed by atoms with E-state index < -0.39 is 0 Å². The Morgan fingerprint density at radius 2 is 1.97 bits per heavy atom. The maximum absolute atomic E-state index is 12.3. The highest BCUT2D eigenvalue weighted by molar-refractivity contribution is 5.99. The molecular weight excluding hydrogens is 372 g/mol. The van der Waals surface area contributed by atoms with Crippen LogP contribution < -0.4 is 15.2 Å². The molecule has 0 N–H and O–H groups in total. The topological polar surface area (TPSA) is 88.2 Å². The molecule has 0 amide bonds. The van der Waals surface area contributed by atoms with E-state index in [-0.39, 0.29) is 24.0 Å². The summed E-state index contributed by atoms with van der Waals surface area (Å²) in [6.07, 6.45) is 1.96. The number of nitrogens with zero attached hydrogens (tertiary/aromatic N) is 4. The van der Waals surface area contributed by atoms with Crippen LogP contribution in [-0.4, -0.2) is 32.7 Å². The lowest BCUT2D eigenvalue weighted by molar-refractivity contribution is 0.0967. The monoisotopic (exact) mass is 394 g/mol. The van der Waals surface area contributed by atoms with Gasteiger partial charge in [0, 0.05) is 18.5 Å². The third-order valence-corrected chi connectivity index (χ3v) is 5.06. The van der Waals surface area contributed by atoms with Crippen molar-refractivity contribution in [3.05, 3.63) is 63.6 Å². The summed E-state index contributed by atoms with van der Waals surface area (Å²) in [6, 6.07) is 10.8. The van der Waals surface area contributed by atoms with Gasteiger partial charge in [-0.1, -0.05) is 6.07 Å². The molecule has 0 spiro atoms. The van der Waals surface area contributed by atoms with Crippen molar-refractivity contribution in [1.29, 1.82) is 0 Å². The van der Waals surface area contributed by atoms with Crippen molar-refractivity contribution in [1.82, 2.24) is 19.8 Å². The summed E-state index contributed by atoms with van der Waals surface area (Å²) in [4.78, 5) is 24.6. The van der Waals surface area contributed by atoms with Crippen LogP contribution in [0.1, 0.15) is 34.3 Å². The van der Waals surface area contributed by atoms with Crippen LogP contribution in [0.4, 0.5) is 0 Å². The van der Waals surface area contributed by atoms with Crippen LogP contribution in [0.25, 0.3) is 5.69 Å². The van der Waals surface area contributed by atoms with Gasteiger partial charge in [-0.25, -0.2) is 4.79 Å². The summed E-state index contributed by atoms with van der Waals surface area (Å²) in [5.41, 5.74) is 2.46. The fourth-order valence-electron chi connectivity index (χ4n) is 3.25. The molecule has 150 valence electrons. The Bertz CT molecular complexity index is 1130. The lowest BCUT2D eigenvalue weighted by Crippen LogP contribution is -2.23. The zero-order chi connectivity index (χ0) is 20.5. The number of tetrazole rings is 1. The second-order valence-corrected chi connectivity index (χ2v) is 7.16. The van der Waals surface area contributed by atoms with E-state index in [9.17, 15) is 9.59 Å². The van der Waals surface area contributed by atoms with Crippen LogP contribution in [0, 0.1) is 12.8 Å². The van der Waals surface area contributed by atoms with Gasteiger partial charge < -0.3 is 9.47 Å². The summed E-state index contributed by atoms with van der Waals surface area (Å²) < 4.78 is 13.9. The van der Waals surface area contributed by atoms with Gasteiger partial charge in [-0.15, -0.1) is 0 Å². The minimum atomic E-state index is -0.362. The van der Waals surface area contributed by atoms with Crippen LogP contribution >= 0.6 is 0 Å². The summed E-state index contributed by atoms with van der Waals surface area (Å²) in [5.74, 6) is 1.63. The Labute approximate surface area is 167 Å². The first kappa shape index (κ1) is 18.9. The zero-order valence-corrected chi connectivity index (χ0v) is 16.6.